The lowest BCUT2D eigenvalue weighted by Gasteiger charge is -2.08. The van der Waals surface area contributed by atoms with Gasteiger partial charge >= 0.3 is 0 Å². The molecule has 0 spiro atoms. The van der Waals surface area contributed by atoms with Gasteiger partial charge in [0.25, 0.3) is 5.56 Å². The second-order valence-electron chi connectivity index (χ2n) is 5.30. The molecule has 0 amide bonds. The number of nitrogens with one attached hydrogen (secondary N) is 1. The minimum absolute atomic E-state index is 0.0346. The molecule has 3 nitrogen and oxygen atoms in total. The Kier molecular flexibility index (Phi) is 3.35. The summed E-state index contributed by atoms with van der Waals surface area (Å²) in [5, 5.41) is 3.29. The fourth-order valence-corrected chi connectivity index (χ4v) is 3.38. The van der Waals surface area contributed by atoms with E-state index in [1.54, 1.807) is 10.7 Å². The van der Waals surface area contributed by atoms with Crippen molar-refractivity contribution in [2.24, 2.45) is 0 Å². The molecular weight excluding hydrogens is 304 g/mol. The van der Waals surface area contributed by atoms with E-state index < -0.39 is 0 Å². The standard InChI is InChI=1S/C15H17BrN2O/c1-10-8-12(16)6-7-14(10)18-15(19)9-13(17-18)11-4-2-3-5-11/h6-9,11,17H,2-5H2,1H3. The Morgan fingerprint density at radius 1 is 1.26 bits per heavy atom. The molecule has 100 valence electrons. The summed E-state index contributed by atoms with van der Waals surface area (Å²) in [7, 11) is 0. The molecule has 2 aromatic rings. The van der Waals surface area contributed by atoms with Gasteiger partial charge in [0.1, 0.15) is 0 Å². The van der Waals surface area contributed by atoms with Crippen LogP contribution in [0.25, 0.3) is 5.69 Å². The lowest BCUT2D eigenvalue weighted by molar-refractivity contribution is 0.676. The molecule has 0 aliphatic heterocycles. The third-order valence-electron chi connectivity index (χ3n) is 3.94. The highest BCUT2D eigenvalue weighted by molar-refractivity contribution is 9.10. The first kappa shape index (κ1) is 12.7. The first-order valence-electron chi connectivity index (χ1n) is 6.73. The van der Waals surface area contributed by atoms with Crippen LogP contribution in [0.3, 0.4) is 0 Å². The smallest absolute Gasteiger partial charge is 0.271 e. The van der Waals surface area contributed by atoms with Gasteiger partial charge in [-0.2, -0.15) is 0 Å². The zero-order valence-corrected chi connectivity index (χ0v) is 12.5. The minimum Gasteiger partial charge on any atom is -0.295 e. The monoisotopic (exact) mass is 320 g/mol. The van der Waals surface area contributed by atoms with E-state index in [0.717, 1.165) is 21.4 Å². The van der Waals surface area contributed by atoms with Crippen LogP contribution in [0.1, 0.15) is 42.9 Å². The predicted molar refractivity (Wildman–Crippen MR) is 80.0 cm³/mol. The molecule has 1 heterocycles. The average molecular weight is 321 g/mol. The van der Waals surface area contributed by atoms with Gasteiger partial charge in [-0.1, -0.05) is 28.8 Å². The highest BCUT2D eigenvalue weighted by atomic mass is 79.9. The maximum Gasteiger partial charge on any atom is 0.271 e. The highest BCUT2D eigenvalue weighted by Gasteiger charge is 2.20. The highest BCUT2D eigenvalue weighted by Crippen LogP contribution is 2.32. The van der Waals surface area contributed by atoms with Gasteiger partial charge in [-0.3, -0.25) is 9.89 Å². The Bertz CT molecular complexity index is 650. The summed E-state index contributed by atoms with van der Waals surface area (Å²) in [5.41, 5.74) is 3.13. The fourth-order valence-electron chi connectivity index (χ4n) is 2.91. The van der Waals surface area contributed by atoms with Crippen molar-refractivity contribution in [3.8, 4) is 5.69 Å². The molecule has 1 aliphatic carbocycles. The van der Waals surface area contributed by atoms with Gasteiger partial charge in [0.05, 0.1) is 5.69 Å². The normalized spacial score (nSPS) is 16.1. The van der Waals surface area contributed by atoms with Gasteiger partial charge in [0.2, 0.25) is 0 Å². The summed E-state index contributed by atoms with van der Waals surface area (Å²) in [6, 6.07) is 7.72. The van der Waals surface area contributed by atoms with E-state index in [9.17, 15) is 4.79 Å². The van der Waals surface area contributed by atoms with Gasteiger partial charge in [0.15, 0.2) is 0 Å². The molecule has 19 heavy (non-hydrogen) atoms. The van der Waals surface area contributed by atoms with Crippen LogP contribution in [0, 0.1) is 6.92 Å². The van der Waals surface area contributed by atoms with E-state index >= 15 is 0 Å². The second kappa shape index (κ2) is 5.00. The van der Waals surface area contributed by atoms with Crippen molar-refractivity contribution >= 4 is 15.9 Å². The van der Waals surface area contributed by atoms with Crippen LogP contribution in [0.2, 0.25) is 0 Å². The van der Waals surface area contributed by atoms with E-state index in [1.807, 2.05) is 25.1 Å². The largest absolute Gasteiger partial charge is 0.295 e. The van der Waals surface area contributed by atoms with E-state index in [0.29, 0.717) is 5.92 Å². The zero-order valence-electron chi connectivity index (χ0n) is 10.9. The summed E-state index contributed by atoms with van der Waals surface area (Å²) in [6.45, 7) is 2.02. The fraction of sp³-hybridized carbons (Fsp3) is 0.400. The van der Waals surface area contributed by atoms with Crippen LogP contribution in [0.15, 0.2) is 33.5 Å². The van der Waals surface area contributed by atoms with Crippen LogP contribution in [-0.4, -0.2) is 9.78 Å². The second-order valence-corrected chi connectivity index (χ2v) is 6.21. The predicted octanol–water partition coefficient (Wildman–Crippen LogP) is 3.89. The molecule has 1 N–H and O–H groups in total. The third-order valence-corrected chi connectivity index (χ3v) is 4.43. The molecule has 3 rings (SSSR count). The summed E-state index contributed by atoms with van der Waals surface area (Å²) in [5.74, 6) is 0.532. The number of rotatable bonds is 2. The Morgan fingerprint density at radius 3 is 2.68 bits per heavy atom. The van der Waals surface area contributed by atoms with Crippen LogP contribution >= 0.6 is 15.9 Å². The number of halogens is 1. The van der Waals surface area contributed by atoms with Gasteiger partial charge in [0, 0.05) is 22.2 Å². The topological polar surface area (TPSA) is 37.8 Å². The van der Waals surface area contributed by atoms with Crippen LogP contribution in [0.5, 0.6) is 0 Å². The first-order chi connectivity index (χ1) is 9.15. The lowest BCUT2D eigenvalue weighted by Crippen LogP contribution is -2.14. The van der Waals surface area contributed by atoms with Crippen LogP contribution in [0.4, 0.5) is 0 Å². The average Bonchev–Trinajstić information content (AvgIpc) is 2.98. The van der Waals surface area contributed by atoms with Crippen molar-refractivity contribution in [2.75, 3.05) is 0 Å². The molecule has 1 fully saturated rings. The number of hydrogen-bond acceptors (Lipinski definition) is 1. The minimum atomic E-state index is 0.0346. The summed E-state index contributed by atoms with van der Waals surface area (Å²) < 4.78 is 2.69. The van der Waals surface area contributed by atoms with Crippen molar-refractivity contribution in [2.45, 2.75) is 38.5 Å². The molecule has 4 heteroatoms. The lowest BCUT2D eigenvalue weighted by atomic mass is 10.1. The van der Waals surface area contributed by atoms with Crippen molar-refractivity contribution < 1.29 is 0 Å². The third kappa shape index (κ3) is 2.41. The van der Waals surface area contributed by atoms with Crippen molar-refractivity contribution in [1.29, 1.82) is 0 Å². The maximum absolute atomic E-state index is 12.2. The number of aromatic nitrogens is 2. The quantitative estimate of drug-likeness (QED) is 0.895. The van der Waals surface area contributed by atoms with Crippen LogP contribution in [-0.2, 0) is 0 Å². The van der Waals surface area contributed by atoms with Gasteiger partial charge < -0.3 is 0 Å². The maximum atomic E-state index is 12.2. The molecule has 0 saturated heterocycles. The van der Waals surface area contributed by atoms with Gasteiger partial charge in [-0.05, 0) is 43.5 Å². The number of aromatic amines is 1. The van der Waals surface area contributed by atoms with E-state index in [4.69, 9.17) is 0 Å². The first-order valence-corrected chi connectivity index (χ1v) is 7.53. The molecule has 0 bridgehead atoms. The Labute approximate surface area is 120 Å². The molecule has 1 aromatic heterocycles. The molecule has 0 unspecified atom stereocenters. The Balaban J connectivity index is 2.03. The molecule has 1 aromatic carbocycles. The molecule has 0 atom stereocenters. The van der Waals surface area contributed by atoms with Crippen molar-refractivity contribution in [3.63, 3.8) is 0 Å². The van der Waals surface area contributed by atoms with Crippen molar-refractivity contribution in [3.05, 3.63) is 50.3 Å². The molecule has 1 saturated carbocycles. The van der Waals surface area contributed by atoms with E-state index in [-0.39, 0.29) is 5.56 Å². The zero-order chi connectivity index (χ0) is 13.4. The number of H-pyrrole nitrogens is 1. The summed E-state index contributed by atoms with van der Waals surface area (Å²) in [4.78, 5) is 12.2. The summed E-state index contributed by atoms with van der Waals surface area (Å²) in [6.07, 6.45) is 4.93. The molecule has 1 aliphatic rings. The number of hydrogen-bond donors (Lipinski definition) is 1. The Morgan fingerprint density at radius 2 is 2.00 bits per heavy atom. The van der Waals surface area contributed by atoms with Gasteiger partial charge in [-0.25, -0.2) is 4.68 Å². The number of benzene rings is 1. The number of nitrogens with zero attached hydrogens (tertiary/aromatic N) is 1. The SMILES string of the molecule is Cc1cc(Br)ccc1-n1[nH]c(C2CCCC2)cc1=O. The molecule has 0 radical (unpaired) electrons. The van der Waals surface area contributed by atoms with Crippen molar-refractivity contribution in [1.82, 2.24) is 9.78 Å². The van der Waals surface area contributed by atoms with E-state index in [1.165, 1.54) is 25.7 Å². The van der Waals surface area contributed by atoms with E-state index in [2.05, 4.69) is 21.0 Å². The Hall–Kier alpha value is -1.29. The number of aryl methyl sites for hydroxylation is 1. The molecular formula is C15H17BrN2O. The van der Waals surface area contributed by atoms with Crippen LogP contribution < -0.4 is 5.56 Å². The van der Waals surface area contributed by atoms with Gasteiger partial charge in [-0.15, -0.1) is 0 Å². The summed E-state index contributed by atoms with van der Waals surface area (Å²) >= 11 is 3.45.